The summed E-state index contributed by atoms with van der Waals surface area (Å²) in [6.45, 7) is 12.4. The molecule has 156 valence electrons. The number of amides is 1. The predicted octanol–water partition coefficient (Wildman–Crippen LogP) is 5.20. The van der Waals surface area contributed by atoms with Gasteiger partial charge in [-0.05, 0) is 53.5 Å². The fourth-order valence-corrected chi connectivity index (χ4v) is 4.16. The van der Waals surface area contributed by atoms with E-state index in [1.165, 1.54) is 22.3 Å². The van der Waals surface area contributed by atoms with Gasteiger partial charge in [-0.15, -0.1) is 0 Å². The third-order valence-corrected chi connectivity index (χ3v) is 5.80. The van der Waals surface area contributed by atoms with Crippen molar-refractivity contribution >= 4 is 5.91 Å². The van der Waals surface area contributed by atoms with Gasteiger partial charge in [-0.25, -0.2) is 0 Å². The molecule has 0 saturated carbocycles. The van der Waals surface area contributed by atoms with Gasteiger partial charge < -0.3 is 4.90 Å². The molecular weight excluding hydrogens is 356 g/mol. The fourth-order valence-electron chi connectivity index (χ4n) is 4.16. The monoisotopic (exact) mass is 392 g/mol. The average molecular weight is 393 g/mol. The highest BCUT2D eigenvalue weighted by Crippen LogP contribution is 2.31. The van der Waals surface area contributed by atoms with Gasteiger partial charge in [0.1, 0.15) is 6.17 Å². The number of nitrogens with zero attached hydrogens (tertiary/aromatic N) is 2. The molecule has 1 aliphatic heterocycles. The SMILES string of the molecule is CC(C)Cc1ccc(CCN2C(=O)CN(C)C2c2ccc(C(C)(C)C)cc2)cc1. The molecule has 1 unspecified atom stereocenters. The number of benzene rings is 2. The smallest absolute Gasteiger partial charge is 0.238 e. The van der Waals surface area contributed by atoms with Crippen LogP contribution in [0.1, 0.15) is 63.0 Å². The highest BCUT2D eigenvalue weighted by Gasteiger charge is 2.36. The van der Waals surface area contributed by atoms with Gasteiger partial charge in [0.25, 0.3) is 0 Å². The maximum Gasteiger partial charge on any atom is 0.238 e. The van der Waals surface area contributed by atoms with E-state index >= 15 is 0 Å². The van der Waals surface area contributed by atoms with Crippen LogP contribution in [-0.4, -0.2) is 35.8 Å². The average Bonchev–Trinajstić information content (AvgIpc) is 2.93. The highest BCUT2D eigenvalue weighted by atomic mass is 16.2. The van der Waals surface area contributed by atoms with Crippen LogP contribution in [0.4, 0.5) is 0 Å². The summed E-state index contributed by atoms with van der Waals surface area (Å²) >= 11 is 0. The molecule has 3 nitrogen and oxygen atoms in total. The molecular formula is C26H36N2O. The molecule has 2 aromatic rings. The third kappa shape index (κ3) is 5.27. The van der Waals surface area contributed by atoms with E-state index in [2.05, 4.69) is 88.0 Å². The Balaban J connectivity index is 1.71. The number of carbonyl (C=O) groups is 1. The molecule has 0 bridgehead atoms. The van der Waals surface area contributed by atoms with Gasteiger partial charge in [-0.3, -0.25) is 9.69 Å². The largest absolute Gasteiger partial charge is 0.321 e. The molecule has 3 rings (SSSR count). The van der Waals surface area contributed by atoms with Crippen molar-refractivity contribution < 1.29 is 4.79 Å². The van der Waals surface area contributed by atoms with E-state index in [1.54, 1.807) is 0 Å². The summed E-state index contributed by atoms with van der Waals surface area (Å²) in [5.41, 5.74) is 5.33. The van der Waals surface area contributed by atoms with E-state index in [1.807, 2.05) is 11.9 Å². The van der Waals surface area contributed by atoms with E-state index < -0.39 is 0 Å². The first kappa shape index (κ1) is 21.6. The normalized spacial score (nSPS) is 18.1. The van der Waals surface area contributed by atoms with Crippen LogP contribution in [-0.2, 0) is 23.1 Å². The topological polar surface area (TPSA) is 23.6 Å². The Morgan fingerprint density at radius 3 is 2.10 bits per heavy atom. The lowest BCUT2D eigenvalue weighted by molar-refractivity contribution is -0.128. The molecule has 1 fully saturated rings. The predicted molar refractivity (Wildman–Crippen MR) is 121 cm³/mol. The van der Waals surface area contributed by atoms with Crippen LogP contribution in [0.15, 0.2) is 48.5 Å². The van der Waals surface area contributed by atoms with Crippen LogP contribution < -0.4 is 0 Å². The molecule has 0 spiro atoms. The zero-order valence-electron chi connectivity index (χ0n) is 18.9. The molecule has 29 heavy (non-hydrogen) atoms. The van der Waals surface area contributed by atoms with Crippen molar-refractivity contribution in [3.63, 3.8) is 0 Å². The standard InChI is InChI=1S/C26H36N2O/c1-19(2)17-21-9-7-20(8-10-21)15-16-28-24(29)18-27(6)25(28)22-11-13-23(14-12-22)26(3,4)5/h7-14,19,25H,15-18H2,1-6H3. The van der Waals surface area contributed by atoms with Crippen molar-refractivity contribution in [2.45, 2.75) is 59.0 Å². The number of likely N-dealkylation sites (N-methyl/N-ethyl adjacent to an activating group) is 1. The van der Waals surface area contributed by atoms with Crippen molar-refractivity contribution in [1.29, 1.82) is 0 Å². The minimum absolute atomic E-state index is 0.0248. The van der Waals surface area contributed by atoms with E-state index in [4.69, 9.17) is 0 Å². The lowest BCUT2D eigenvalue weighted by Crippen LogP contribution is -2.32. The molecule has 1 aliphatic rings. The van der Waals surface area contributed by atoms with Crippen LogP contribution in [0.2, 0.25) is 0 Å². The molecule has 1 atom stereocenters. The third-order valence-electron chi connectivity index (χ3n) is 5.80. The van der Waals surface area contributed by atoms with E-state index in [-0.39, 0.29) is 17.5 Å². The second-order valence-electron chi connectivity index (χ2n) is 9.91. The Hall–Kier alpha value is -2.13. The van der Waals surface area contributed by atoms with Crippen LogP contribution in [0.3, 0.4) is 0 Å². The number of hydrogen-bond acceptors (Lipinski definition) is 2. The highest BCUT2D eigenvalue weighted by molar-refractivity contribution is 5.81. The van der Waals surface area contributed by atoms with E-state index in [9.17, 15) is 4.79 Å². The van der Waals surface area contributed by atoms with Crippen molar-refractivity contribution in [2.24, 2.45) is 5.92 Å². The van der Waals surface area contributed by atoms with Gasteiger partial charge in [0.15, 0.2) is 0 Å². The van der Waals surface area contributed by atoms with Crippen molar-refractivity contribution in [1.82, 2.24) is 9.80 Å². The number of rotatable bonds is 6. The summed E-state index contributed by atoms with van der Waals surface area (Å²) in [6.07, 6.45) is 2.03. The van der Waals surface area contributed by atoms with Gasteiger partial charge in [-0.2, -0.15) is 0 Å². The maximum atomic E-state index is 12.7. The molecule has 1 amide bonds. The van der Waals surface area contributed by atoms with Crippen LogP contribution in [0.25, 0.3) is 0 Å². The van der Waals surface area contributed by atoms with Gasteiger partial charge in [-0.1, -0.05) is 83.1 Å². The quantitative estimate of drug-likeness (QED) is 0.675. The van der Waals surface area contributed by atoms with E-state index in [0.29, 0.717) is 12.5 Å². The van der Waals surface area contributed by atoms with Crippen LogP contribution in [0, 0.1) is 5.92 Å². The summed E-state index contributed by atoms with van der Waals surface area (Å²) in [7, 11) is 2.04. The number of hydrogen-bond donors (Lipinski definition) is 0. The summed E-state index contributed by atoms with van der Waals surface area (Å²) in [4.78, 5) is 16.9. The molecule has 1 saturated heterocycles. The van der Waals surface area contributed by atoms with Crippen molar-refractivity contribution in [3.8, 4) is 0 Å². The molecule has 3 heteroatoms. The van der Waals surface area contributed by atoms with Crippen molar-refractivity contribution in [3.05, 3.63) is 70.8 Å². The van der Waals surface area contributed by atoms with E-state index in [0.717, 1.165) is 19.4 Å². The Kier molecular flexibility index (Phi) is 6.48. The molecule has 0 aliphatic carbocycles. The second-order valence-corrected chi connectivity index (χ2v) is 9.91. The van der Waals surface area contributed by atoms with Gasteiger partial charge in [0.2, 0.25) is 5.91 Å². The molecule has 2 aromatic carbocycles. The zero-order valence-corrected chi connectivity index (χ0v) is 18.9. The molecule has 0 radical (unpaired) electrons. The molecule has 1 heterocycles. The first-order valence-electron chi connectivity index (χ1n) is 10.8. The Bertz CT molecular complexity index is 815. The minimum Gasteiger partial charge on any atom is -0.321 e. The second kappa shape index (κ2) is 8.71. The molecule has 0 aromatic heterocycles. The lowest BCUT2D eigenvalue weighted by Gasteiger charge is -2.29. The van der Waals surface area contributed by atoms with Gasteiger partial charge in [0, 0.05) is 6.54 Å². The fraction of sp³-hybridized carbons (Fsp3) is 0.500. The molecule has 0 N–H and O–H groups in total. The summed E-state index contributed by atoms with van der Waals surface area (Å²) in [5, 5.41) is 0. The lowest BCUT2D eigenvalue weighted by atomic mass is 9.86. The Morgan fingerprint density at radius 1 is 0.966 bits per heavy atom. The first-order chi connectivity index (χ1) is 13.6. The maximum absolute atomic E-state index is 12.7. The minimum atomic E-state index is 0.0248. The van der Waals surface area contributed by atoms with Crippen LogP contribution in [0.5, 0.6) is 0 Å². The van der Waals surface area contributed by atoms with Crippen molar-refractivity contribution in [2.75, 3.05) is 20.1 Å². The van der Waals surface area contributed by atoms with Gasteiger partial charge in [0.05, 0.1) is 6.54 Å². The van der Waals surface area contributed by atoms with Crippen LogP contribution >= 0.6 is 0 Å². The van der Waals surface area contributed by atoms with Gasteiger partial charge >= 0.3 is 0 Å². The summed E-state index contributed by atoms with van der Waals surface area (Å²) < 4.78 is 0. The summed E-state index contributed by atoms with van der Waals surface area (Å²) in [5.74, 6) is 0.887. The zero-order chi connectivity index (χ0) is 21.2. The first-order valence-corrected chi connectivity index (χ1v) is 10.8. The Labute approximate surface area is 176 Å². The summed E-state index contributed by atoms with van der Waals surface area (Å²) in [6, 6.07) is 17.7. The number of carbonyl (C=O) groups excluding carboxylic acids is 1. The Morgan fingerprint density at radius 2 is 1.55 bits per heavy atom.